The molecule has 1 amide bonds. The minimum atomic E-state index is -0.436. The highest BCUT2D eigenvalue weighted by Crippen LogP contribution is 2.30. The molecular formula is C21H20N2O4S. The molecule has 0 aliphatic rings. The first-order valence-corrected chi connectivity index (χ1v) is 9.24. The normalized spacial score (nSPS) is 10.5. The molecule has 0 fully saturated rings. The van der Waals surface area contributed by atoms with Crippen molar-refractivity contribution >= 4 is 39.9 Å². The van der Waals surface area contributed by atoms with Gasteiger partial charge in [0, 0.05) is 11.8 Å². The third-order valence-electron chi connectivity index (χ3n) is 4.13. The van der Waals surface area contributed by atoms with Gasteiger partial charge in [-0.1, -0.05) is 31.2 Å². The Hall–Kier alpha value is -3.19. The zero-order chi connectivity index (χ0) is 20.1. The van der Waals surface area contributed by atoms with Crippen molar-refractivity contribution in [2.24, 2.45) is 0 Å². The van der Waals surface area contributed by atoms with Crippen molar-refractivity contribution in [3.05, 3.63) is 59.0 Å². The SMILES string of the molecule is CCCC(=O)NC(=S)Nc1cc(-c2cc3ccccc3oc2=O)ccc1OC. The zero-order valence-corrected chi connectivity index (χ0v) is 16.4. The van der Waals surface area contributed by atoms with Crippen molar-refractivity contribution in [1.82, 2.24) is 5.32 Å². The summed E-state index contributed by atoms with van der Waals surface area (Å²) in [6, 6.07) is 14.3. The molecule has 0 saturated carbocycles. The van der Waals surface area contributed by atoms with Gasteiger partial charge in [-0.2, -0.15) is 0 Å². The first kappa shape index (κ1) is 19.6. The Morgan fingerprint density at radius 2 is 1.96 bits per heavy atom. The fourth-order valence-electron chi connectivity index (χ4n) is 2.81. The number of carbonyl (C=O) groups excluding carboxylic acids is 1. The number of carbonyl (C=O) groups is 1. The fourth-order valence-corrected chi connectivity index (χ4v) is 3.03. The molecule has 0 spiro atoms. The molecule has 0 unspecified atom stereocenters. The highest BCUT2D eigenvalue weighted by Gasteiger charge is 2.13. The standard InChI is InChI=1S/C21H20N2O4S/c1-3-6-19(24)23-21(28)22-16-12-13(9-10-18(16)26-2)15-11-14-7-4-5-8-17(14)27-20(15)25/h4-5,7-12H,3,6H2,1-2H3,(H2,22,23,24,28). The smallest absolute Gasteiger partial charge is 0.344 e. The highest BCUT2D eigenvalue weighted by atomic mass is 32.1. The summed E-state index contributed by atoms with van der Waals surface area (Å²) in [5.41, 5.74) is 1.70. The molecule has 2 aromatic carbocycles. The maximum atomic E-state index is 12.4. The van der Waals surface area contributed by atoms with Crippen LogP contribution < -0.4 is 21.0 Å². The molecule has 3 aromatic rings. The number of ether oxygens (including phenoxy) is 1. The van der Waals surface area contributed by atoms with Crippen LogP contribution >= 0.6 is 12.2 Å². The lowest BCUT2D eigenvalue weighted by molar-refractivity contribution is -0.119. The second kappa shape index (κ2) is 8.67. The van der Waals surface area contributed by atoms with Crippen LogP contribution in [0.4, 0.5) is 5.69 Å². The number of rotatable bonds is 5. The van der Waals surface area contributed by atoms with Gasteiger partial charge in [-0.05, 0) is 48.5 Å². The third-order valence-corrected chi connectivity index (χ3v) is 4.33. The summed E-state index contributed by atoms with van der Waals surface area (Å²) in [4.78, 5) is 24.2. The molecule has 0 bridgehead atoms. The molecule has 0 aliphatic carbocycles. The van der Waals surface area contributed by atoms with Gasteiger partial charge in [0.1, 0.15) is 11.3 Å². The number of hydrogen-bond acceptors (Lipinski definition) is 5. The van der Waals surface area contributed by atoms with E-state index in [0.29, 0.717) is 34.6 Å². The van der Waals surface area contributed by atoms with E-state index >= 15 is 0 Å². The molecule has 1 aromatic heterocycles. The highest BCUT2D eigenvalue weighted by molar-refractivity contribution is 7.80. The van der Waals surface area contributed by atoms with Crippen LogP contribution in [0.3, 0.4) is 0 Å². The first-order valence-electron chi connectivity index (χ1n) is 8.84. The quantitative estimate of drug-likeness (QED) is 0.500. The number of methoxy groups -OCH3 is 1. The third kappa shape index (κ3) is 4.37. The van der Waals surface area contributed by atoms with E-state index in [1.165, 1.54) is 7.11 Å². The van der Waals surface area contributed by atoms with Crippen LogP contribution in [0.2, 0.25) is 0 Å². The largest absolute Gasteiger partial charge is 0.495 e. The van der Waals surface area contributed by atoms with Crippen LogP contribution in [0.1, 0.15) is 19.8 Å². The van der Waals surface area contributed by atoms with Crippen molar-refractivity contribution in [2.75, 3.05) is 12.4 Å². The molecule has 1 heterocycles. The number of fused-ring (bicyclic) bond motifs is 1. The lowest BCUT2D eigenvalue weighted by atomic mass is 10.0. The molecule has 144 valence electrons. The van der Waals surface area contributed by atoms with E-state index in [4.69, 9.17) is 21.4 Å². The second-order valence-corrected chi connectivity index (χ2v) is 6.56. The number of anilines is 1. The minimum absolute atomic E-state index is 0.162. The number of thiocarbonyl (C=S) groups is 1. The molecule has 6 nitrogen and oxygen atoms in total. The summed E-state index contributed by atoms with van der Waals surface area (Å²) < 4.78 is 10.8. The van der Waals surface area contributed by atoms with Gasteiger partial charge < -0.3 is 19.8 Å². The monoisotopic (exact) mass is 396 g/mol. The Balaban J connectivity index is 1.95. The summed E-state index contributed by atoms with van der Waals surface area (Å²) in [7, 11) is 1.53. The first-order chi connectivity index (χ1) is 13.5. The summed E-state index contributed by atoms with van der Waals surface area (Å²) in [6.45, 7) is 1.91. The fraction of sp³-hybridized carbons (Fsp3) is 0.190. The predicted molar refractivity (Wildman–Crippen MR) is 114 cm³/mol. The van der Waals surface area contributed by atoms with Crippen LogP contribution in [0.25, 0.3) is 22.1 Å². The molecule has 2 N–H and O–H groups in total. The Bertz CT molecular complexity index is 1090. The average molecular weight is 396 g/mol. The molecule has 0 aliphatic heterocycles. The van der Waals surface area contributed by atoms with Gasteiger partial charge in [0.25, 0.3) is 0 Å². The van der Waals surface area contributed by atoms with Crippen LogP contribution in [0.15, 0.2) is 57.7 Å². The zero-order valence-electron chi connectivity index (χ0n) is 15.6. The second-order valence-electron chi connectivity index (χ2n) is 6.15. The number of amides is 1. The van der Waals surface area contributed by atoms with Crippen molar-refractivity contribution in [1.29, 1.82) is 0 Å². The van der Waals surface area contributed by atoms with Crippen molar-refractivity contribution in [3.8, 4) is 16.9 Å². The summed E-state index contributed by atoms with van der Waals surface area (Å²) in [6.07, 6.45) is 1.11. The molecule has 0 atom stereocenters. The maximum absolute atomic E-state index is 12.4. The number of para-hydroxylation sites is 1. The van der Waals surface area contributed by atoms with Gasteiger partial charge in [0.2, 0.25) is 5.91 Å². The molecule has 0 radical (unpaired) electrons. The lowest BCUT2D eigenvalue weighted by Crippen LogP contribution is -2.33. The van der Waals surface area contributed by atoms with Crippen molar-refractivity contribution in [2.45, 2.75) is 19.8 Å². The average Bonchev–Trinajstić information content (AvgIpc) is 2.67. The van der Waals surface area contributed by atoms with E-state index in [1.807, 2.05) is 25.1 Å². The lowest BCUT2D eigenvalue weighted by Gasteiger charge is -2.14. The van der Waals surface area contributed by atoms with Gasteiger partial charge in [-0.25, -0.2) is 4.79 Å². The number of hydrogen-bond donors (Lipinski definition) is 2. The van der Waals surface area contributed by atoms with E-state index in [0.717, 1.165) is 11.8 Å². The Morgan fingerprint density at radius 1 is 1.18 bits per heavy atom. The van der Waals surface area contributed by atoms with Gasteiger partial charge in [-0.15, -0.1) is 0 Å². The van der Waals surface area contributed by atoms with E-state index in [9.17, 15) is 9.59 Å². The van der Waals surface area contributed by atoms with Crippen molar-refractivity contribution < 1.29 is 13.9 Å². The Labute approximate surface area is 167 Å². The van der Waals surface area contributed by atoms with Crippen LogP contribution in [-0.2, 0) is 4.79 Å². The van der Waals surface area contributed by atoms with Crippen LogP contribution in [0.5, 0.6) is 5.75 Å². The maximum Gasteiger partial charge on any atom is 0.344 e. The van der Waals surface area contributed by atoms with Gasteiger partial charge in [0.15, 0.2) is 5.11 Å². The van der Waals surface area contributed by atoms with Gasteiger partial charge in [0.05, 0.1) is 18.4 Å². The van der Waals surface area contributed by atoms with Gasteiger partial charge in [-0.3, -0.25) is 4.79 Å². The molecular weight excluding hydrogens is 376 g/mol. The van der Waals surface area contributed by atoms with E-state index in [1.54, 1.807) is 30.3 Å². The van der Waals surface area contributed by atoms with Crippen LogP contribution in [0, 0.1) is 0 Å². The molecule has 7 heteroatoms. The summed E-state index contributed by atoms with van der Waals surface area (Å²) in [5.74, 6) is 0.367. The predicted octanol–water partition coefficient (Wildman–Crippen LogP) is 4.08. The van der Waals surface area contributed by atoms with E-state index in [2.05, 4.69) is 10.6 Å². The molecule has 0 saturated heterocycles. The molecule has 28 heavy (non-hydrogen) atoms. The topological polar surface area (TPSA) is 80.6 Å². The van der Waals surface area contributed by atoms with E-state index < -0.39 is 5.63 Å². The summed E-state index contributed by atoms with van der Waals surface area (Å²) >= 11 is 5.20. The van der Waals surface area contributed by atoms with Crippen molar-refractivity contribution in [3.63, 3.8) is 0 Å². The summed E-state index contributed by atoms with van der Waals surface area (Å²) in [5, 5.41) is 6.57. The number of benzene rings is 2. The molecule has 3 rings (SSSR count). The van der Waals surface area contributed by atoms with Gasteiger partial charge >= 0.3 is 5.63 Å². The Kier molecular flexibility index (Phi) is 6.06. The van der Waals surface area contributed by atoms with Crippen LogP contribution in [-0.4, -0.2) is 18.1 Å². The Morgan fingerprint density at radius 3 is 2.71 bits per heavy atom. The minimum Gasteiger partial charge on any atom is -0.495 e. The number of nitrogens with one attached hydrogen (secondary N) is 2. The van der Waals surface area contributed by atoms with E-state index in [-0.39, 0.29) is 11.0 Å².